The quantitative estimate of drug-likeness (QED) is 0.591. The predicted molar refractivity (Wildman–Crippen MR) is 109 cm³/mol. The van der Waals surface area contributed by atoms with Gasteiger partial charge in [-0.2, -0.15) is 13.2 Å². The van der Waals surface area contributed by atoms with E-state index in [1.54, 1.807) is 0 Å². The van der Waals surface area contributed by atoms with Gasteiger partial charge in [-0.1, -0.05) is 20.8 Å². The number of aromatic hydroxyl groups is 1. The maximum atomic E-state index is 14.4. The van der Waals surface area contributed by atoms with Crippen molar-refractivity contribution in [1.82, 2.24) is 10.3 Å². The minimum atomic E-state index is -4.56. The Labute approximate surface area is 182 Å². The lowest BCUT2D eigenvalue weighted by molar-refractivity contribution is -0.163. The Morgan fingerprint density at radius 2 is 1.81 bits per heavy atom. The van der Waals surface area contributed by atoms with Gasteiger partial charge in [0.25, 0.3) is 5.91 Å². The SMILES string of the molecule is CC(C)(C)c1cc(F)c(CC(=O)Nc2ccnc(C(=O)NC3(C(F)(F)F)CC3)c2)cc1O. The van der Waals surface area contributed by atoms with Crippen LogP contribution in [0.1, 0.15) is 55.2 Å². The Morgan fingerprint density at radius 3 is 2.38 bits per heavy atom. The fourth-order valence-electron chi connectivity index (χ4n) is 3.24. The number of anilines is 1. The van der Waals surface area contributed by atoms with Crippen LogP contribution in [0, 0.1) is 5.82 Å². The summed E-state index contributed by atoms with van der Waals surface area (Å²) in [4.78, 5) is 28.3. The molecule has 3 N–H and O–H groups in total. The van der Waals surface area contributed by atoms with Gasteiger partial charge in [0.2, 0.25) is 5.91 Å². The number of pyridine rings is 1. The molecule has 0 radical (unpaired) electrons. The van der Waals surface area contributed by atoms with Crippen molar-refractivity contribution < 1.29 is 32.3 Å². The number of carbonyl (C=O) groups excluding carboxylic acids is 2. The molecule has 0 unspecified atom stereocenters. The molecule has 0 bridgehead atoms. The lowest BCUT2D eigenvalue weighted by atomic mass is 9.85. The number of aromatic nitrogens is 1. The van der Waals surface area contributed by atoms with E-state index in [1.807, 2.05) is 26.1 Å². The second kappa shape index (κ2) is 8.07. The molecule has 172 valence electrons. The van der Waals surface area contributed by atoms with Crippen LogP contribution in [-0.2, 0) is 16.6 Å². The van der Waals surface area contributed by atoms with E-state index in [9.17, 15) is 32.3 Å². The first-order valence-electron chi connectivity index (χ1n) is 9.89. The number of phenols is 1. The normalized spacial score (nSPS) is 15.2. The molecule has 1 aromatic heterocycles. The summed E-state index contributed by atoms with van der Waals surface area (Å²) in [5.74, 6) is -2.44. The lowest BCUT2D eigenvalue weighted by Crippen LogP contribution is -2.48. The summed E-state index contributed by atoms with van der Waals surface area (Å²) >= 11 is 0. The van der Waals surface area contributed by atoms with E-state index in [1.165, 1.54) is 24.4 Å². The van der Waals surface area contributed by atoms with Gasteiger partial charge in [0.15, 0.2) is 0 Å². The molecular weight excluding hydrogens is 430 g/mol. The maximum Gasteiger partial charge on any atom is 0.411 e. The summed E-state index contributed by atoms with van der Waals surface area (Å²) in [6.45, 7) is 5.43. The fourth-order valence-corrected chi connectivity index (χ4v) is 3.24. The Kier molecular flexibility index (Phi) is 5.92. The van der Waals surface area contributed by atoms with Crippen LogP contribution in [0.5, 0.6) is 5.75 Å². The maximum absolute atomic E-state index is 14.4. The number of hydrogen-bond acceptors (Lipinski definition) is 4. The van der Waals surface area contributed by atoms with Crippen molar-refractivity contribution in [2.24, 2.45) is 0 Å². The van der Waals surface area contributed by atoms with Gasteiger partial charge >= 0.3 is 6.18 Å². The number of carbonyl (C=O) groups is 2. The Morgan fingerprint density at radius 1 is 1.16 bits per heavy atom. The van der Waals surface area contributed by atoms with Crippen molar-refractivity contribution in [2.45, 2.75) is 57.2 Å². The molecule has 1 fully saturated rings. The number of halogens is 4. The zero-order valence-electron chi connectivity index (χ0n) is 17.7. The summed E-state index contributed by atoms with van der Waals surface area (Å²) in [6.07, 6.45) is -4.20. The number of nitrogens with one attached hydrogen (secondary N) is 2. The molecule has 1 aliphatic carbocycles. The number of alkyl halides is 3. The topological polar surface area (TPSA) is 91.3 Å². The van der Waals surface area contributed by atoms with Crippen molar-refractivity contribution in [3.8, 4) is 5.75 Å². The number of rotatable bonds is 5. The first-order chi connectivity index (χ1) is 14.7. The molecule has 1 aromatic carbocycles. The van der Waals surface area contributed by atoms with E-state index in [2.05, 4.69) is 10.3 Å². The van der Waals surface area contributed by atoms with Gasteiger partial charge in [-0.25, -0.2) is 4.39 Å². The number of amides is 2. The van der Waals surface area contributed by atoms with Crippen LogP contribution in [-0.4, -0.2) is 33.6 Å². The zero-order valence-corrected chi connectivity index (χ0v) is 17.7. The van der Waals surface area contributed by atoms with E-state index in [-0.39, 0.29) is 35.5 Å². The van der Waals surface area contributed by atoms with Crippen molar-refractivity contribution in [3.63, 3.8) is 0 Å². The average Bonchev–Trinajstić information content (AvgIpc) is 3.44. The standard InChI is InChI=1S/C22H23F4N3O3/c1-20(2,3)14-11-15(23)12(8-17(14)30)9-18(31)28-13-4-7-27-16(10-13)19(32)29-21(5-6-21)22(24,25)26/h4,7-8,10-11,30H,5-6,9H2,1-3H3,(H,29,32)(H,27,28,31). The molecule has 1 aliphatic rings. The minimum absolute atomic E-state index is 0.0270. The van der Waals surface area contributed by atoms with E-state index in [0.29, 0.717) is 5.56 Å². The lowest BCUT2D eigenvalue weighted by Gasteiger charge is -2.21. The van der Waals surface area contributed by atoms with Crippen LogP contribution < -0.4 is 10.6 Å². The Balaban J connectivity index is 1.69. The molecule has 10 heteroatoms. The fraction of sp³-hybridized carbons (Fsp3) is 0.409. The molecule has 32 heavy (non-hydrogen) atoms. The van der Waals surface area contributed by atoms with Crippen LogP contribution in [0.3, 0.4) is 0 Å². The van der Waals surface area contributed by atoms with E-state index < -0.39 is 41.2 Å². The van der Waals surface area contributed by atoms with Gasteiger partial charge in [0.05, 0.1) is 6.42 Å². The van der Waals surface area contributed by atoms with Gasteiger partial charge in [-0.3, -0.25) is 14.6 Å². The molecule has 1 heterocycles. The zero-order chi connectivity index (χ0) is 23.9. The summed E-state index contributed by atoms with van der Waals surface area (Å²) < 4.78 is 53.6. The number of hydrogen-bond donors (Lipinski definition) is 3. The first-order valence-corrected chi connectivity index (χ1v) is 9.89. The molecule has 0 aliphatic heterocycles. The van der Waals surface area contributed by atoms with Gasteiger partial charge in [-0.15, -0.1) is 0 Å². The second-order valence-corrected chi connectivity index (χ2v) is 8.90. The van der Waals surface area contributed by atoms with Crippen molar-refractivity contribution in [2.75, 3.05) is 5.32 Å². The molecule has 6 nitrogen and oxygen atoms in total. The average molecular weight is 453 g/mol. The molecule has 0 saturated heterocycles. The van der Waals surface area contributed by atoms with Gasteiger partial charge < -0.3 is 15.7 Å². The van der Waals surface area contributed by atoms with Crippen LogP contribution in [0.2, 0.25) is 0 Å². The molecule has 0 atom stereocenters. The van der Waals surface area contributed by atoms with E-state index in [0.717, 1.165) is 6.07 Å². The van der Waals surface area contributed by atoms with Gasteiger partial charge in [-0.05, 0) is 42.5 Å². The van der Waals surface area contributed by atoms with E-state index >= 15 is 0 Å². The molecular formula is C22H23F4N3O3. The van der Waals surface area contributed by atoms with Crippen LogP contribution in [0.25, 0.3) is 0 Å². The first kappa shape index (κ1) is 23.5. The minimum Gasteiger partial charge on any atom is -0.508 e. The summed E-state index contributed by atoms with van der Waals surface area (Å²) in [5, 5.41) is 14.6. The Bertz CT molecular complexity index is 1060. The third-order valence-electron chi connectivity index (χ3n) is 5.25. The molecule has 2 amide bonds. The number of benzene rings is 1. The molecule has 0 spiro atoms. The van der Waals surface area contributed by atoms with Crippen molar-refractivity contribution in [3.05, 3.63) is 53.1 Å². The van der Waals surface area contributed by atoms with Crippen LogP contribution in [0.15, 0.2) is 30.5 Å². The third kappa shape index (κ3) is 5.00. The van der Waals surface area contributed by atoms with Gasteiger partial charge in [0.1, 0.15) is 22.8 Å². The van der Waals surface area contributed by atoms with E-state index in [4.69, 9.17) is 0 Å². The summed E-state index contributed by atoms with van der Waals surface area (Å²) in [5.41, 5.74) is -2.54. The molecule has 3 rings (SSSR count). The Hall–Kier alpha value is -3.17. The molecule has 2 aromatic rings. The molecule has 1 saturated carbocycles. The van der Waals surface area contributed by atoms with Crippen LogP contribution >= 0.6 is 0 Å². The highest BCUT2D eigenvalue weighted by atomic mass is 19.4. The van der Waals surface area contributed by atoms with Gasteiger partial charge in [0, 0.05) is 23.0 Å². The highest BCUT2D eigenvalue weighted by molar-refractivity contribution is 5.96. The highest BCUT2D eigenvalue weighted by Crippen LogP contribution is 2.49. The van der Waals surface area contributed by atoms with Crippen LogP contribution in [0.4, 0.5) is 23.2 Å². The largest absolute Gasteiger partial charge is 0.508 e. The second-order valence-electron chi connectivity index (χ2n) is 8.90. The summed E-state index contributed by atoms with van der Waals surface area (Å²) in [7, 11) is 0. The predicted octanol–water partition coefficient (Wildman–Crippen LogP) is 4.23. The van der Waals surface area contributed by atoms with Crippen molar-refractivity contribution in [1.29, 1.82) is 0 Å². The number of phenolic OH excluding ortho intramolecular Hbond substituents is 1. The summed E-state index contributed by atoms with van der Waals surface area (Å²) in [6, 6.07) is 4.85. The smallest absolute Gasteiger partial charge is 0.411 e. The van der Waals surface area contributed by atoms with Crippen molar-refractivity contribution >= 4 is 17.5 Å². The number of nitrogens with zero attached hydrogens (tertiary/aromatic N) is 1. The monoisotopic (exact) mass is 453 g/mol. The third-order valence-corrected chi connectivity index (χ3v) is 5.25. The highest BCUT2D eigenvalue weighted by Gasteiger charge is 2.64.